The Labute approximate surface area is 334 Å². The summed E-state index contributed by atoms with van der Waals surface area (Å²) in [7, 11) is -3.91. The summed E-state index contributed by atoms with van der Waals surface area (Å²) in [5, 5.41) is 4.38. The van der Waals surface area contributed by atoms with Crippen molar-refractivity contribution in [1.82, 2.24) is 19.9 Å². The molecule has 3 amide bonds. The highest BCUT2D eigenvalue weighted by molar-refractivity contribution is 9.10. The van der Waals surface area contributed by atoms with Crippen LogP contribution in [-0.4, -0.2) is 77.1 Å². The topological polar surface area (TPSA) is 174 Å². The van der Waals surface area contributed by atoms with Crippen LogP contribution in [-0.2, 0) is 33.9 Å². The molecule has 2 saturated carbocycles. The van der Waals surface area contributed by atoms with Crippen molar-refractivity contribution in [2.75, 3.05) is 6.54 Å². The number of hydrogen-bond donors (Lipinski definition) is 2. The third-order valence-corrected chi connectivity index (χ3v) is 13.1. The summed E-state index contributed by atoms with van der Waals surface area (Å²) >= 11 is 3.56. The van der Waals surface area contributed by atoms with Crippen molar-refractivity contribution in [3.8, 4) is 5.88 Å². The lowest BCUT2D eigenvalue weighted by Gasteiger charge is -2.35. The Balaban J connectivity index is 1.24. The molecule has 2 aromatic heterocycles. The molecule has 2 N–H and O–H groups in total. The number of benzene rings is 2. The maximum atomic E-state index is 14.7. The van der Waals surface area contributed by atoms with Crippen molar-refractivity contribution in [2.24, 2.45) is 17.3 Å². The molecule has 7 rings (SSSR count). The van der Waals surface area contributed by atoms with Crippen LogP contribution in [0.25, 0.3) is 32.8 Å². The summed E-state index contributed by atoms with van der Waals surface area (Å²) in [6, 6.07) is 12.1. The van der Waals surface area contributed by atoms with Crippen LogP contribution in [0.1, 0.15) is 73.6 Å². The van der Waals surface area contributed by atoms with Gasteiger partial charge in [-0.1, -0.05) is 54.9 Å². The molecule has 56 heavy (non-hydrogen) atoms. The van der Waals surface area contributed by atoms with Crippen LogP contribution in [0.3, 0.4) is 0 Å². The number of nitrogens with zero attached hydrogens (tertiary/aromatic N) is 2. The molecule has 5 atom stereocenters. The molecule has 2 aliphatic carbocycles. The van der Waals surface area contributed by atoms with E-state index in [-0.39, 0.29) is 31.7 Å². The maximum absolute atomic E-state index is 14.7. The molecule has 298 valence electrons. The summed E-state index contributed by atoms with van der Waals surface area (Å²) in [6.07, 6.45) is 1.59. The molecule has 4 aromatic rings. The lowest BCUT2D eigenvalue weighted by molar-refractivity contribution is -0.161. The predicted octanol–water partition coefficient (Wildman–Crippen LogP) is 6.31. The van der Waals surface area contributed by atoms with Crippen molar-refractivity contribution < 1.29 is 41.5 Å². The van der Waals surface area contributed by atoms with E-state index in [1.165, 1.54) is 11.0 Å². The van der Waals surface area contributed by atoms with Gasteiger partial charge in [0, 0.05) is 33.0 Å². The van der Waals surface area contributed by atoms with E-state index in [1.807, 2.05) is 63.2 Å². The number of fused-ring (bicyclic) bond motifs is 5. The molecule has 3 aliphatic rings. The van der Waals surface area contributed by atoms with Crippen molar-refractivity contribution >= 4 is 82.5 Å². The number of pyridine rings is 1. The number of carbonyl (C=O) groups excluding carboxylic acids is 4. The number of halogens is 1. The zero-order chi connectivity index (χ0) is 40.5. The van der Waals surface area contributed by atoms with Gasteiger partial charge in [-0.05, 0) is 75.8 Å². The van der Waals surface area contributed by atoms with Crippen molar-refractivity contribution in [3.63, 3.8) is 0 Å². The van der Waals surface area contributed by atoms with Gasteiger partial charge in [0.05, 0.1) is 24.1 Å². The molecule has 0 radical (unpaired) electrons. The molecular weight excluding hydrogens is 804 g/mol. The number of nitrogens with one attached hydrogen (secondary N) is 2. The number of hydrogen-bond acceptors (Lipinski definition) is 10. The van der Waals surface area contributed by atoms with Gasteiger partial charge in [-0.15, -0.1) is 6.58 Å². The summed E-state index contributed by atoms with van der Waals surface area (Å²) in [6.45, 7) is 14.5. The first-order valence-corrected chi connectivity index (χ1v) is 21.1. The Hall–Kier alpha value is -4.50. The van der Waals surface area contributed by atoms with Crippen LogP contribution in [0.2, 0.25) is 0 Å². The predicted molar refractivity (Wildman–Crippen MR) is 214 cm³/mol. The zero-order valence-corrected chi connectivity index (χ0v) is 34.7. The molecule has 15 heteroatoms. The fourth-order valence-corrected chi connectivity index (χ4v) is 9.26. The van der Waals surface area contributed by atoms with Gasteiger partial charge in [0.1, 0.15) is 34.4 Å². The fourth-order valence-electron chi connectivity index (χ4n) is 7.53. The number of rotatable bonds is 11. The Bertz CT molecular complexity index is 2390. The first kappa shape index (κ1) is 39.7. The Morgan fingerprint density at radius 2 is 1.79 bits per heavy atom. The summed E-state index contributed by atoms with van der Waals surface area (Å²) in [5.74, 6) is -3.66. The van der Waals surface area contributed by atoms with Crippen LogP contribution < -0.4 is 14.8 Å². The minimum atomic E-state index is -3.91. The van der Waals surface area contributed by atoms with Crippen molar-refractivity contribution in [2.45, 2.75) is 102 Å². The maximum Gasteiger partial charge on any atom is 0.307 e. The van der Waals surface area contributed by atoms with Gasteiger partial charge in [-0.2, -0.15) is 0 Å². The lowest BCUT2D eigenvalue weighted by atomic mass is 9.77. The molecule has 0 bridgehead atoms. The molecule has 0 spiro atoms. The molecule has 1 saturated heterocycles. The Kier molecular flexibility index (Phi) is 10.0. The molecule has 1 aliphatic heterocycles. The monoisotopic (exact) mass is 850 g/mol. The van der Waals surface area contributed by atoms with Crippen LogP contribution >= 0.6 is 15.9 Å². The number of para-hydroxylation sites is 1. The van der Waals surface area contributed by atoms with E-state index >= 15 is 0 Å². The summed E-state index contributed by atoms with van der Waals surface area (Å²) in [5.41, 5.74) is -1.23. The standard InChI is InChI=1S/C41H47BrN4O9S/c1-8-22-20-41(22,38(50)45-56(51,52)25-14-15-25)44-35(48)30-18-24(21-46(30)37(49)29(39(2,3)4)19-32(47)55-40(5,6)7)53-36-28-17-23(42)13-16-26(28)34-33(43-36)27-11-9-10-12-31(27)54-34/h8-13,16-17,22,24-25,29-30H,1,14-15,18-21H2,2-7H3,(H,44,48)(H,45,50)/t22-,24-,29-,30+,41-/m1/s1. The minimum absolute atomic E-state index is 0.0129. The van der Waals surface area contributed by atoms with Crippen LogP contribution in [0.4, 0.5) is 0 Å². The van der Waals surface area contributed by atoms with E-state index in [2.05, 4.69) is 32.5 Å². The number of aromatic nitrogens is 1. The number of sulfonamides is 1. The SMILES string of the molecule is C=C[C@@H]1C[C@]1(NC(=O)[C@@H]1C[C@@H](Oc2nc3c4ccccc4oc3c3ccc(Br)cc23)CN1C(=O)[C@@H](CC(=O)OC(C)(C)C)C(C)(C)C)C(=O)NS(=O)(=O)C1CC1. The molecule has 3 heterocycles. The number of esters is 1. The Morgan fingerprint density at radius 3 is 2.43 bits per heavy atom. The largest absolute Gasteiger partial charge is 0.472 e. The Morgan fingerprint density at radius 1 is 1.07 bits per heavy atom. The number of ether oxygens (including phenoxy) is 2. The second-order valence-electron chi connectivity index (χ2n) is 17.3. The first-order chi connectivity index (χ1) is 26.2. The van der Waals surface area contributed by atoms with Crippen LogP contribution in [0.5, 0.6) is 5.88 Å². The normalized spacial score (nSPS) is 23.2. The van der Waals surface area contributed by atoms with Crippen molar-refractivity contribution in [1.29, 1.82) is 0 Å². The molecule has 2 aromatic carbocycles. The second-order valence-corrected chi connectivity index (χ2v) is 20.1. The van der Waals surface area contributed by atoms with Crippen molar-refractivity contribution in [3.05, 3.63) is 59.6 Å². The summed E-state index contributed by atoms with van der Waals surface area (Å²) < 4.78 is 47.0. The van der Waals surface area contributed by atoms with Gasteiger partial charge in [0.25, 0.3) is 5.91 Å². The zero-order valence-electron chi connectivity index (χ0n) is 32.3. The smallest absolute Gasteiger partial charge is 0.307 e. The number of likely N-dealkylation sites (tertiary alicyclic amines) is 1. The highest BCUT2D eigenvalue weighted by Crippen LogP contribution is 2.46. The van der Waals surface area contributed by atoms with Crippen LogP contribution in [0, 0.1) is 17.3 Å². The molecule has 13 nitrogen and oxygen atoms in total. The van der Waals surface area contributed by atoms with E-state index in [0.717, 1.165) is 15.2 Å². The van der Waals surface area contributed by atoms with E-state index in [4.69, 9.17) is 18.9 Å². The van der Waals surface area contributed by atoms with E-state index in [0.29, 0.717) is 34.9 Å². The minimum Gasteiger partial charge on any atom is -0.472 e. The number of furan rings is 1. The van der Waals surface area contributed by atoms with Gasteiger partial charge in [-0.25, -0.2) is 13.4 Å². The third-order valence-electron chi connectivity index (χ3n) is 10.7. The van der Waals surface area contributed by atoms with E-state index < -0.39 is 79.5 Å². The number of amides is 3. The van der Waals surface area contributed by atoms with Gasteiger partial charge >= 0.3 is 5.97 Å². The molecule has 3 fully saturated rings. The van der Waals surface area contributed by atoms with Gasteiger partial charge in [-0.3, -0.25) is 23.9 Å². The first-order valence-electron chi connectivity index (χ1n) is 18.8. The van der Waals surface area contributed by atoms with Gasteiger partial charge in [0.15, 0.2) is 5.58 Å². The highest BCUT2D eigenvalue weighted by atomic mass is 79.9. The summed E-state index contributed by atoms with van der Waals surface area (Å²) in [4.78, 5) is 62.3. The third kappa shape index (κ3) is 7.76. The lowest BCUT2D eigenvalue weighted by Crippen LogP contribution is -2.57. The average Bonchev–Trinajstić information content (AvgIpc) is 4.01. The quantitative estimate of drug-likeness (QED) is 0.129. The van der Waals surface area contributed by atoms with Gasteiger partial charge < -0.3 is 24.1 Å². The fraction of sp³-hybridized carbons (Fsp3) is 0.488. The average molecular weight is 852 g/mol. The highest BCUT2D eigenvalue weighted by Gasteiger charge is 2.62. The van der Waals surface area contributed by atoms with E-state index in [1.54, 1.807) is 20.8 Å². The van der Waals surface area contributed by atoms with Gasteiger partial charge in [0.2, 0.25) is 27.7 Å². The van der Waals surface area contributed by atoms with E-state index in [9.17, 15) is 27.6 Å². The van der Waals surface area contributed by atoms with Crippen LogP contribution in [0.15, 0.2) is 64.0 Å². The molecular formula is C41H47BrN4O9S. The molecule has 0 unspecified atom stereocenters. The second kappa shape index (κ2) is 14.2. The number of carbonyl (C=O) groups is 4.